The summed E-state index contributed by atoms with van der Waals surface area (Å²) >= 11 is 6.14. The summed E-state index contributed by atoms with van der Waals surface area (Å²) in [5.41, 5.74) is 9.31. The molecular formula is C13H14ClN3O. The van der Waals surface area contributed by atoms with Crippen molar-refractivity contribution < 1.29 is 4.74 Å². The van der Waals surface area contributed by atoms with Crippen LogP contribution in [-0.4, -0.2) is 17.1 Å². The first-order valence-electron chi connectivity index (χ1n) is 5.46. The van der Waals surface area contributed by atoms with Gasteiger partial charge in [-0.05, 0) is 31.0 Å². The van der Waals surface area contributed by atoms with Crippen molar-refractivity contribution in [2.75, 3.05) is 12.8 Å². The number of hydrogen-bond donors (Lipinski definition) is 1. The van der Waals surface area contributed by atoms with Gasteiger partial charge < -0.3 is 10.5 Å². The first kappa shape index (κ1) is 12.6. The highest BCUT2D eigenvalue weighted by atomic mass is 35.5. The summed E-state index contributed by atoms with van der Waals surface area (Å²) in [7, 11) is 1.63. The van der Waals surface area contributed by atoms with E-state index < -0.39 is 0 Å². The summed E-state index contributed by atoms with van der Waals surface area (Å²) in [5, 5.41) is 0.346. The van der Waals surface area contributed by atoms with Crippen molar-refractivity contribution in [3.63, 3.8) is 0 Å². The van der Waals surface area contributed by atoms with Crippen molar-refractivity contribution in [1.82, 2.24) is 9.97 Å². The molecule has 0 aliphatic heterocycles. The average Bonchev–Trinajstić information content (AvgIpc) is 2.36. The lowest BCUT2D eigenvalue weighted by molar-refractivity contribution is 0.413. The van der Waals surface area contributed by atoms with E-state index in [1.165, 1.54) is 6.33 Å². The fourth-order valence-corrected chi connectivity index (χ4v) is 2.01. The maximum atomic E-state index is 6.14. The predicted octanol–water partition coefficient (Wildman–Crippen LogP) is 3.00. The molecule has 2 rings (SSSR count). The Hall–Kier alpha value is -1.81. The third kappa shape index (κ3) is 1.99. The number of benzene rings is 1. The molecule has 1 aromatic carbocycles. The monoisotopic (exact) mass is 263 g/mol. The van der Waals surface area contributed by atoms with Gasteiger partial charge in [-0.3, -0.25) is 0 Å². The Balaban J connectivity index is 2.72. The quantitative estimate of drug-likeness (QED) is 0.905. The van der Waals surface area contributed by atoms with E-state index in [-0.39, 0.29) is 5.82 Å². The Morgan fingerprint density at radius 1 is 1.22 bits per heavy atom. The van der Waals surface area contributed by atoms with E-state index >= 15 is 0 Å². The number of methoxy groups -OCH3 is 1. The molecule has 5 heteroatoms. The zero-order valence-electron chi connectivity index (χ0n) is 10.5. The van der Waals surface area contributed by atoms with Crippen LogP contribution < -0.4 is 10.5 Å². The van der Waals surface area contributed by atoms with Gasteiger partial charge in [0.25, 0.3) is 0 Å². The van der Waals surface area contributed by atoms with Gasteiger partial charge in [0.05, 0.1) is 12.8 Å². The van der Waals surface area contributed by atoms with E-state index in [4.69, 9.17) is 22.1 Å². The largest absolute Gasteiger partial charge is 0.496 e. The molecule has 0 fully saturated rings. The second kappa shape index (κ2) is 4.82. The Morgan fingerprint density at radius 2 is 1.94 bits per heavy atom. The zero-order chi connectivity index (χ0) is 13.3. The lowest BCUT2D eigenvalue weighted by atomic mass is 10.0. The fourth-order valence-electron chi connectivity index (χ4n) is 1.81. The van der Waals surface area contributed by atoms with Gasteiger partial charge in [-0.25, -0.2) is 9.97 Å². The molecule has 0 amide bonds. The second-order valence-corrected chi connectivity index (χ2v) is 4.39. The molecule has 0 radical (unpaired) electrons. The lowest BCUT2D eigenvalue weighted by Gasteiger charge is -2.14. The highest BCUT2D eigenvalue weighted by Gasteiger charge is 2.16. The number of anilines is 1. The minimum absolute atomic E-state index is 0.266. The minimum atomic E-state index is 0.266. The van der Waals surface area contributed by atoms with Gasteiger partial charge in [0.1, 0.15) is 22.9 Å². The van der Waals surface area contributed by atoms with Crippen molar-refractivity contribution in [1.29, 1.82) is 0 Å². The Bertz CT molecular complexity index is 599. The van der Waals surface area contributed by atoms with Crippen molar-refractivity contribution in [3.05, 3.63) is 34.6 Å². The molecule has 0 aliphatic rings. The molecule has 0 bridgehead atoms. The molecule has 0 atom stereocenters. The van der Waals surface area contributed by atoms with Crippen molar-refractivity contribution in [2.24, 2.45) is 0 Å². The summed E-state index contributed by atoms with van der Waals surface area (Å²) in [6.07, 6.45) is 1.39. The number of rotatable bonds is 2. The summed E-state index contributed by atoms with van der Waals surface area (Å²) in [6, 6.07) is 3.93. The van der Waals surface area contributed by atoms with Crippen molar-refractivity contribution >= 4 is 17.4 Å². The van der Waals surface area contributed by atoms with Crippen LogP contribution in [0.25, 0.3) is 11.3 Å². The molecule has 0 unspecified atom stereocenters. The average molecular weight is 264 g/mol. The van der Waals surface area contributed by atoms with Crippen molar-refractivity contribution in [2.45, 2.75) is 13.8 Å². The fraction of sp³-hybridized carbons (Fsp3) is 0.231. The van der Waals surface area contributed by atoms with Crippen LogP contribution in [0.3, 0.4) is 0 Å². The van der Waals surface area contributed by atoms with Crippen molar-refractivity contribution in [3.8, 4) is 17.0 Å². The van der Waals surface area contributed by atoms with Gasteiger partial charge in [0, 0.05) is 5.56 Å². The summed E-state index contributed by atoms with van der Waals surface area (Å²) in [5.74, 6) is 1.02. The van der Waals surface area contributed by atoms with Crippen LogP contribution in [0.4, 0.5) is 5.82 Å². The molecule has 2 N–H and O–H groups in total. The maximum absolute atomic E-state index is 6.14. The molecule has 4 nitrogen and oxygen atoms in total. The van der Waals surface area contributed by atoms with Gasteiger partial charge in [0.2, 0.25) is 0 Å². The second-order valence-electron chi connectivity index (χ2n) is 4.01. The van der Waals surface area contributed by atoms with Crippen LogP contribution in [0.5, 0.6) is 5.75 Å². The predicted molar refractivity (Wildman–Crippen MR) is 72.9 cm³/mol. The maximum Gasteiger partial charge on any atom is 0.146 e. The van der Waals surface area contributed by atoms with Crippen LogP contribution in [0.15, 0.2) is 18.5 Å². The third-order valence-corrected chi connectivity index (χ3v) is 3.33. The molecule has 0 saturated heterocycles. The number of aromatic nitrogens is 2. The molecule has 0 spiro atoms. The highest BCUT2D eigenvalue weighted by Crippen LogP contribution is 2.37. The zero-order valence-corrected chi connectivity index (χ0v) is 11.2. The van der Waals surface area contributed by atoms with Crippen LogP contribution in [0, 0.1) is 13.8 Å². The van der Waals surface area contributed by atoms with E-state index in [9.17, 15) is 0 Å². The van der Waals surface area contributed by atoms with E-state index in [1.54, 1.807) is 7.11 Å². The van der Waals surface area contributed by atoms with Gasteiger partial charge in [-0.1, -0.05) is 17.7 Å². The Kier molecular flexibility index (Phi) is 3.39. The molecule has 1 heterocycles. The van der Waals surface area contributed by atoms with E-state index in [0.717, 1.165) is 22.4 Å². The molecular weight excluding hydrogens is 250 g/mol. The summed E-state index contributed by atoms with van der Waals surface area (Å²) in [4.78, 5) is 8.04. The highest BCUT2D eigenvalue weighted by molar-refractivity contribution is 6.35. The van der Waals surface area contributed by atoms with Crippen LogP contribution in [0.1, 0.15) is 11.1 Å². The number of hydrogen-bond acceptors (Lipinski definition) is 4. The van der Waals surface area contributed by atoms with Crippen LogP contribution in [0.2, 0.25) is 5.02 Å². The molecule has 0 saturated carbocycles. The SMILES string of the molecule is COc1c(-c2ncnc(N)c2Cl)ccc(C)c1C. The molecule has 2 aromatic rings. The normalized spacial score (nSPS) is 10.4. The lowest BCUT2D eigenvalue weighted by Crippen LogP contribution is -1.99. The summed E-state index contributed by atoms with van der Waals surface area (Å²) < 4.78 is 5.45. The smallest absolute Gasteiger partial charge is 0.146 e. The van der Waals surface area contributed by atoms with E-state index in [0.29, 0.717) is 10.7 Å². The molecule has 0 aliphatic carbocycles. The number of nitrogens with zero attached hydrogens (tertiary/aromatic N) is 2. The van der Waals surface area contributed by atoms with Gasteiger partial charge >= 0.3 is 0 Å². The van der Waals surface area contributed by atoms with Crippen LogP contribution in [-0.2, 0) is 0 Å². The standard InChI is InChI=1S/C13H14ClN3O/c1-7-4-5-9(12(18-3)8(7)2)11-10(14)13(15)17-6-16-11/h4-6H,1-3H3,(H2,15,16,17). The number of nitrogens with two attached hydrogens (primary N) is 1. The first-order valence-corrected chi connectivity index (χ1v) is 5.84. The Morgan fingerprint density at radius 3 is 2.61 bits per heavy atom. The van der Waals surface area contributed by atoms with Gasteiger partial charge in [0.15, 0.2) is 0 Å². The van der Waals surface area contributed by atoms with Crippen LogP contribution >= 0.6 is 11.6 Å². The number of aryl methyl sites for hydroxylation is 1. The number of halogens is 1. The molecule has 1 aromatic heterocycles. The third-order valence-electron chi connectivity index (χ3n) is 2.95. The first-order chi connectivity index (χ1) is 8.56. The topological polar surface area (TPSA) is 61.0 Å². The van der Waals surface area contributed by atoms with Gasteiger partial charge in [-0.2, -0.15) is 0 Å². The molecule has 18 heavy (non-hydrogen) atoms. The van der Waals surface area contributed by atoms with Gasteiger partial charge in [-0.15, -0.1) is 0 Å². The van der Waals surface area contributed by atoms with E-state index in [2.05, 4.69) is 9.97 Å². The molecule has 94 valence electrons. The minimum Gasteiger partial charge on any atom is -0.496 e. The Labute approximate surface area is 111 Å². The number of ether oxygens (including phenoxy) is 1. The number of nitrogen functional groups attached to an aromatic ring is 1. The van der Waals surface area contributed by atoms with E-state index in [1.807, 2.05) is 26.0 Å². The summed E-state index contributed by atoms with van der Waals surface area (Å²) in [6.45, 7) is 4.02.